The van der Waals surface area contributed by atoms with Crippen molar-refractivity contribution >= 4 is 51.4 Å². The molecule has 0 unspecified atom stereocenters. The van der Waals surface area contributed by atoms with E-state index in [0.717, 1.165) is 16.3 Å². The molecule has 0 saturated carbocycles. The molecule has 1 aromatic heterocycles. The van der Waals surface area contributed by atoms with Crippen LogP contribution in [0, 0.1) is 0 Å². The average Bonchev–Trinajstić information content (AvgIpc) is 3.15. The molecule has 0 bridgehead atoms. The van der Waals surface area contributed by atoms with Gasteiger partial charge in [0.2, 0.25) is 5.91 Å². The van der Waals surface area contributed by atoms with Crippen LogP contribution in [0.4, 0.5) is 10.7 Å². The van der Waals surface area contributed by atoms with Crippen molar-refractivity contribution in [1.82, 2.24) is 0 Å². The van der Waals surface area contributed by atoms with Crippen molar-refractivity contribution in [3.8, 4) is 0 Å². The lowest BCUT2D eigenvalue weighted by atomic mass is 10.1. The van der Waals surface area contributed by atoms with Gasteiger partial charge in [-0.2, -0.15) is 5.10 Å². The summed E-state index contributed by atoms with van der Waals surface area (Å²) >= 11 is 1.13. The number of hydrazone groups is 1. The number of hydrogen-bond donors (Lipinski definition) is 2. The van der Waals surface area contributed by atoms with Gasteiger partial charge >= 0.3 is 5.97 Å². The highest BCUT2D eigenvalue weighted by molar-refractivity contribution is 7.14. The summed E-state index contributed by atoms with van der Waals surface area (Å²) in [5.41, 5.74) is 5.97. The van der Waals surface area contributed by atoms with Gasteiger partial charge in [-0.15, -0.1) is 11.3 Å². The zero-order valence-corrected chi connectivity index (χ0v) is 15.4. The highest BCUT2D eigenvalue weighted by Gasteiger charge is 2.27. The van der Waals surface area contributed by atoms with Crippen LogP contribution < -0.4 is 16.1 Å². The fourth-order valence-corrected chi connectivity index (χ4v) is 3.26. The minimum atomic E-state index is -0.787. The van der Waals surface area contributed by atoms with Gasteiger partial charge in [0.05, 0.1) is 11.3 Å². The highest BCUT2D eigenvalue weighted by Crippen LogP contribution is 2.23. The van der Waals surface area contributed by atoms with Crippen LogP contribution in [0.2, 0.25) is 0 Å². The maximum Gasteiger partial charge on any atom is 0.355 e. The van der Waals surface area contributed by atoms with Gasteiger partial charge in [0, 0.05) is 12.8 Å². The number of nitrogens with zero attached hydrogens (tertiary/aromatic N) is 2. The van der Waals surface area contributed by atoms with Crippen LogP contribution in [0.15, 0.2) is 46.9 Å². The number of esters is 1. The number of carbonyl (C=O) groups is 4. The molecule has 2 aromatic rings. The molecule has 28 heavy (non-hydrogen) atoms. The summed E-state index contributed by atoms with van der Waals surface area (Å²) < 4.78 is 4.98. The topological polar surface area (TPSA) is 131 Å². The largest absolute Gasteiger partial charge is 0.451 e. The molecule has 3 N–H and O–H groups in total. The molecule has 9 nitrogen and oxygen atoms in total. The van der Waals surface area contributed by atoms with Crippen LogP contribution in [0.25, 0.3) is 0 Å². The van der Waals surface area contributed by atoms with E-state index in [4.69, 9.17) is 10.5 Å². The van der Waals surface area contributed by atoms with Crippen molar-refractivity contribution < 1.29 is 23.9 Å². The Labute approximate surface area is 163 Å². The van der Waals surface area contributed by atoms with Gasteiger partial charge in [-0.05, 0) is 23.6 Å². The number of para-hydroxylation sites is 1. The Morgan fingerprint density at radius 2 is 1.93 bits per heavy atom. The number of nitrogens with two attached hydrogens (primary N) is 1. The predicted molar refractivity (Wildman–Crippen MR) is 103 cm³/mol. The van der Waals surface area contributed by atoms with E-state index in [-0.39, 0.29) is 35.0 Å². The molecule has 0 fully saturated rings. The van der Waals surface area contributed by atoms with Crippen LogP contribution in [0.5, 0.6) is 0 Å². The maximum absolute atomic E-state index is 12.2. The Hall–Kier alpha value is -3.53. The molecule has 1 aromatic carbocycles. The van der Waals surface area contributed by atoms with Gasteiger partial charge in [-0.1, -0.05) is 18.2 Å². The van der Waals surface area contributed by atoms with E-state index >= 15 is 0 Å². The molecule has 0 radical (unpaired) electrons. The number of benzene rings is 1. The van der Waals surface area contributed by atoms with Crippen LogP contribution in [-0.2, 0) is 19.1 Å². The van der Waals surface area contributed by atoms with Crippen LogP contribution >= 0.6 is 11.3 Å². The lowest BCUT2D eigenvalue weighted by Gasteiger charge is -2.22. The minimum absolute atomic E-state index is 0.0465. The maximum atomic E-state index is 12.2. The Bertz CT molecular complexity index is 954. The third-order valence-electron chi connectivity index (χ3n) is 3.79. The third-order valence-corrected chi connectivity index (χ3v) is 4.62. The van der Waals surface area contributed by atoms with Gasteiger partial charge in [0.1, 0.15) is 10.7 Å². The Morgan fingerprint density at radius 1 is 1.18 bits per heavy atom. The van der Waals surface area contributed by atoms with Crippen molar-refractivity contribution in [2.24, 2.45) is 10.8 Å². The third kappa shape index (κ3) is 4.41. The first kappa shape index (κ1) is 19.2. The summed E-state index contributed by atoms with van der Waals surface area (Å²) in [4.78, 5) is 47.5. The predicted octanol–water partition coefficient (Wildman–Crippen LogP) is 1.51. The Morgan fingerprint density at radius 3 is 2.64 bits per heavy atom. The second kappa shape index (κ2) is 8.44. The van der Waals surface area contributed by atoms with Gasteiger partial charge in [-0.25, -0.2) is 9.80 Å². The van der Waals surface area contributed by atoms with Crippen molar-refractivity contribution in [3.05, 3.63) is 47.3 Å². The molecule has 3 amide bonds. The molecule has 144 valence electrons. The van der Waals surface area contributed by atoms with E-state index in [1.807, 2.05) is 0 Å². The normalized spacial score (nSPS) is 13.6. The lowest BCUT2D eigenvalue weighted by Crippen LogP contribution is -2.35. The molecular formula is C18H16N4O5S. The van der Waals surface area contributed by atoms with E-state index in [2.05, 4.69) is 10.4 Å². The van der Waals surface area contributed by atoms with E-state index in [1.165, 1.54) is 6.07 Å². The van der Waals surface area contributed by atoms with Crippen molar-refractivity contribution in [2.75, 3.05) is 16.9 Å². The quantitative estimate of drug-likeness (QED) is 0.710. The number of amides is 3. The number of carbonyl (C=O) groups excluding carboxylic acids is 4. The summed E-state index contributed by atoms with van der Waals surface area (Å²) in [6, 6.07) is 10.2. The number of primary amides is 1. The first-order chi connectivity index (χ1) is 13.5. The summed E-state index contributed by atoms with van der Waals surface area (Å²) in [6.07, 6.45) is 0.228. The molecule has 1 aliphatic heterocycles. The summed E-state index contributed by atoms with van der Waals surface area (Å²) in [5, 5.41) is 9.56. The van der Waals surface area contributed by atoms with E-state index in [9.17, 15) is 19.2 Å². The number of hydrogen-bond acceptors (Lipinski definition) is 7. The summed E-state index contributed by atoms with van der Waals surface area (Å²) in [6.45, 7) is -0.562. The molecule has 0 saturated heterocycles. The van der Waals surface area contributed by atoms with Gasteiger partial charge in [-0.3, -0.25) is 14.4 Å². The van der Waals surface area contributed by atoms with Gasteiger partial charge < -0.3 is 15.8 Å². The zero-order chi connectivity index (χ0) is 20.1. The van der Waals surface area contributed by atoms with Crippen molar-refractivity contribution in [2.45, 2.75) is 12.8 Å². The van der Waals surface area contributed by atoms with E-state index < -0.39 is 24.4 Å². The summed E-state index contributed by atoms with van der Waals surface area (Å²) in [5.74, 6) is -2.32. The lowest BCUT2D eigenvalue weighted by molar-refractivity contribution is -0.140. The molecule has 2 heterocycles. The number of anilines is 2. The second-order valence-corrected chi connectivity index (χ2v) is 6.66. The fourth-order valence-electron chi connectivity index (χ4n) is 2.45. The number of ether oxygens (including phenoxy) is 1. The van der Waals surface area contributed by atoms with E-state index in [1.54, 1.807) is 35.7 Å². The standard InChI is InChI=1S/C18H16N4O5S/c19-16(25)12-8-9-28-17(12)20-14(23)10-27-18(26)13-6-7-15(24)22(21-13)11-4-2-1-3-5-11/h1-5,8-9H,6-7,10H2,(H2,19,25)(H,20,23). The summed E-state index contributed by atoms with van der Waals surface area (Å²) in [7, 11) is 0. The zero-order valence-electron chi connectivity index (χ0n) is 14.6. The highest BCUT2D eigenvalue weighted by atomic mass is 32.1. The molecule has 0 atom stereocenters. The van der Waals surface area contributed by atoms with Crippen LogP contribution in [0.1, 0.15) is 23.2 Å². The Kier molecular flexibility index (Phi) is 5.80. The van der Waals surface area contributed by atoms with E-state index in [0.29, 0.717) is 5.69 Å². The Balaban J connectivity index is 1.61. The molecule has 1 aliphatic rings. The van der Waals surface area contributed by atoms with Crippen LogP contribution in [-0.4, -0.2) is 36.0 Å². The first-order valence-electron chi connectivity index (χ1n) is 8.25. The van der Waals surface area contributed by atoms with Crippen molar-refractivity contribution in [1.29, 1.82) is 0 Å². The number of rotatable bonds is 6. The van der Waals surface area contributed by atoms with Crippen molar-refractivity contribution in [3.63, 3.8) is 0 Å². The molecule has 10 heteroatoms. The van der Waals surface area contributed by atoms with Gasteiger partial charge in [0.25, 0.3) is 11.8 Å². The monoisotopic (exact) mass is 400 g/mol. The molecule has 0 spiro atoms. The number of nitrogens with one attached hydrogen (secondary N) is 1. The SMILES string of the molecule is NC(=O)c1ccsc1NC(=O)COC(=O)C1=NN(c2ccccc2)C(=O)CC1. The fraction of sp³-hybridized carbons (Fsp3) is 0.167. The molecule has 3 rings (SSSR count). The van der Waals surface area contributed by atoms with Crippen LogP contribution in [0.3, 0.4) is 0 Å². The second-order valence-electron chi connectivity index (χ2n) is 5.74. The smallest absolute Gasteiger partial charge is 0.355 e. The van der Waals surface area contributed by atoms with Gasteiger partial charge in [0.15, 0.2) is 6.61 Å². The molecular weight excluding hydrogens is 384 g/mol. The average molecular weight is 400 g/mol. The first-order valence-corrected chi connectivity index (χ1v) is 9.13. The number of thiophene rings is 1. The molecule has 0 aliphatic carbocycles. The minimum Gasteiger partial charge on any atom is -0.451 e.